The Hall–Kier alpha value is -1.30. The third-order valence-electron chi connectivity index (χ3n) is 3.26. The van der Waals surface area contributed by atoms with E-state index in [1.54, 1.807) is 23.1 Å². The molecule has 2 N–H and O–H groups in total. The second-order valence-electron chi connectivity index (χ2n) is 4.70. The molecular formula is C15H17N3S2. The molecule has 1 unspecified atom stereocenters. The Morgan fingerprint density at radius 1 is 1.35 bits per heavy atom. The molecule has 20 heavy (non-hydrogen) atoms. The Labute approximate surface area is 126 Å². The fourth-order valence-electron chi connectivity index (χ4n) is 2.10. The van der Waals surface area contributed by atoms with Crippen LogP contribution >= 0.6 is 23.1 Å². The molecule has 0 aliphatic carbocycles. The van der Waals surface area contributed by atoms with Crippen LogP contribution in [0.4, 0.5) is 0 Å². The molecule has 1 atom stereocenters. The van der Waals surface area contributed by atoms with Crippen LogP contribution in [0.15, 0.2) is 51.1 Å². The number of rotatable bonds is 5. The van der Waals surface area contributed by atoms with Crippen LogP contribution in [0, 0.1) is 0 Å². The van der Waals surface area contributed by atoms with E-state index in [0.29, 0.717) is 0 Å². The summed E-state index contributed by atoms with van der Waals surface area (Å²) in [4.78, 5) is 4.75. The predicted octanol–water partition coefficient (Wildman–Crippen LogP) is 3.83. The molecule has 3 heterocycles. The lowest BCUT2D eigenvalue weighted by Crippen LogP contribution is -2.22. The fraction of sp³-hybridized carbons (Fsp3) is 0.267. The normalized spacial score (nSPS) is 12.9. The van der Waals surface area contributed by atoms with Gasteiger partial charge in [0.25, 0.3) is 0 Å². The molecule has 0 aromatic carbocycles. The Morgan fingerprint density at radius 2 is 2.25 bits per heavy atom. The fourth-order valence-corrected chi connectivity index (χ4v) is 3.92. The first kappa shape index (κ1) is 13.7. The third-order valence-corrected chi connectivity index (χ3v) is 5.32. The van der Waals surface area contributed by atoms with E-state index in [2.05, 4.69) is 35.0 Å². The average Bonchev–Trinajstić information content (AvgIpc) is 3.08. The highest BCUT2D eigenvalue weighted by Gasteiger charge is 2.15. The van der Waals surface area contributed by atoms with Gasteiger partial charge in [0, 0.05) is 18.7 Å². The third kappa shape index (κ3) is 2.75. The van der Waals surface area contributed by atoms with E-state index in [4.69, 9.17) is 10.7 Å². The molecule has 0 radical (unpaired) electrons. The molecule has 0 aliphatic heterocycles. The van der Waals surface area contributed by atoms with Crippen molar-refractivity contribution in [3.8, 4) is 0 Å². The number of nitrogens with two attached hydrogens (primary N) is 1. The van der Waals surface area contributed by atoms with Crippen LogP contribution in [0.3, 0.4) is 0 Å². The number of fused-ring (bicyclic) bond motifs is 1. The van der Waals surface area contributed by atoms with Crippen molar-refractivity contribution in [2.75, 3.05) is 0 Å². The van der Waals surface area contributed by atoms with Gasteiger partial charge in [-0.1, -0.05) is 30.8 Å². The van der Waals surface area contributed by atoms with E-state index < -0.39 is 0 Å². The molecule has 3 nitrogen and oxygen atoms in total. The minimum absolute atomic E-state index is 0.179. The van der Waals surface area contributed by atoms with Crippen molar-refractivity contribution in [2.24, 2.45) is 5.73 Å². The van der Waals surface area contributed by atoms with Gasteiger partial charge < -0.3 is 10.1 Å². The van der Waals surface area contributed by atoms with Gasteiger partial charge in [-0.2, -0.15) is 0 Å². The molecule has 104 valence electrons. The monoisotopic (exact) mass is 303 g/mol. The van der Waals surface area contributed by atoms with Gasteiger partial charge in [-0.05, 0) is 30.0 Å². The van der Waals surface area contributed by atoms with Gasteiger partial charge in [-0.3, -0.25) is 0 Å². The smallest absolute Gasteiger partial charge is 0.138 e. The summed E-state index contributed by atoms with van der Waals surface area (Å²) in [5, 5.41) is 3.16. The van der Waals surface area contributed by atoms with Crippen LogP contribution in [0.25, 0.3) is 5.65 Å². The molecule has 0 saturated carbocycles. The number of aromatic nitrogens is 2. The van der Waals surface area contributed by atoms with E-state index in [0.717, 1.165) is 23.5 Å². The van der Waals surface area contributed by atoms with Crippen LogP contribution in [-0.4, -0.2) is 15.4 Å². The molecular weight excluding hydrogens is 286 g/mol. The van der Waals surface area contributed by atoms with Crippen molar-refractivity contribution < 1.29 is 0 Å². The number of hydrogen-bond donors (Lipinski definition) is 1. The highest BCUT2D eigenvalue weighted by molar-refractivity contribution is 8.01. The van der Waals surface area contributed by atoms with Crippen LogP contribution in [0.2, 0.25) is 0 Å². The van der Waals surface area contributed by atoms with Gasteiger partial charge in [0.15, 0.2) is 0 Å². The lowest BCUT2D eigenvalue weighted by molar-refractivity contribution is 0.627. The predicted molar refractivity (Wildman–Crippen MR) is 85.6 cm³/mol. The second kappa shape index (κ2) is 5.99. The highest BCUT2D eigenvalue weighted by atomic mass is 32.2. The molecule has 5 heteroatoms. The van der Waals surface area contributed by atoms with Gasteiger partial charge in [0.1, 0.15) is 10.7 Å². The first-order valence-corrected chi connectivity index (χ1v) is 8.40. The maximum absolute atomic E-state index is 6.15. The minimum atomic E-state index is 0.179. The highest BCUT2D eigenvalue weighted by Crippen LogP contribution is 2.33. The number of nitrogens with zero attached hydrogens (tertiary/aromatic N) is 2. The van der Waals surface area contributed by atoms with Gasteiger partial charge in [0.05, 0.1) is 9.90 Å². The van der Waals surface area contributed by atoms with Crippen molar-refractivity contribution in [2.45, 2.75) is 35.0 Å². The number of thiophene rings is 1. The van der Waals surface area contributed by atoms with Crippen molar-refractivity contribution in [3.05, 3.63) is 47.6 Å². The lowest BCUT2D eigenvalue weighted by atomic mass is 10.1. The Morgan fingerprint density at radius 3 is 3.00 bits per heavy atom. The summed E-state index contributed by atoms with van der Waals surface area (Å²) in [5.74, 6) is 0. The lowest BCUT2D eigenvalue weighted by Gasteiger charge is -2.09. The molecule has 0 spiro atoms. The van der Waals surface area contributed by atoms with E-state index in [-0.39, 0.29) is 6.04 Å². The molecule has 0 aliphatic rings. The van der Waals surface area contributed by atoms with Crippen LogP contribution < -0.4 is 5.73 Å². The molecule has 3 rings (SSSR count). The molecule has 3 aromatic heterocycles. The van der Waals surface area contributed by atoms with Gasteiger partial charge in [0.2, 0.25) is 0 Å². The van der Waals surface area contributed by atoms with Gasteiger partial charge in [-0.15, -0.1) is 11.3 Å². The zero-order chi connectivity index (χ0) is 13.9. The largest absolute Gasteiger partial charge is 0.327 e. The van der Waals surface area contributed by atoms with Crippen molar-refractivity contribution >= 4 is 28.7 Å². The quantitative estimate of drug-likeness (QED) is 0.779. The number of imidazole rings is 1. The van der Waals surface area contributed by atoms with Gasteiger partial charge >= 0.3 is 0 Å². The van der Waals surface area contributed by atoms with E-state index in [1.807, 2.05) is 18.2 Å². The van der Waals surface area contributed by atoms with Crippen LogP contribution in [-0.2, 0) is 6.42 Å². The number of pyridine rings is 1. The zero-order valence-electron chi connectivity index (χ0n) is 11.3. The maximum atomic E-state index is 6.15. The topological polar surface area (TPSA) is 43.3 Å². The maximum Gasteiger partial charge on any atom is 0.138 e. The van der Waals surface area contributed by atoms with Crippen LogP contribution in [0.5, 0.6) is 0 Å². The summed E-state index contributed by atoms with van der Waals surface area (Å²) in [6.45, 7) is 2.12. The first-order chi connectivity index (χ1) is 9.78. The number of hydrogen-bond acceptors (Lipinski definition) is 4. The molecule has 0 bridgehead atoms. The molecule has 0 fully saturated rings. The van der Waals surface area contributed by atoms with E-state index in [9.17, 15) is 0 Å². The average molecular weight is 303 g/mol. The Balaban J connectivity index is 2.02. The molecule has 0 amide bonds. The summed E-state index contributed by atoms with van der Waals surface area (Å²) in [6, 6.07) is 10.5. The molecule has 3 aromatic rings. The van der Waals surface area contributed by atoms with E-state index in [1.165, 1.54) is 9.90 Å². The Kier molecular flexibility index (Phi) is 4.10. The van der Waals surface area contributed by atoms with Gasteiger partial charge in [-0.25, -0.2) is 4.98 Å². The Bertz CT molecular complexity index is 688. The summed E-state index contributed by atoms with van der Waals surface area (Å²) >= 11 is 3.47. The molecule has 0 saturated heterocycles. The SMILES string of the molecule is CCC(N)Cc1c(Sc2cccs2)nc2ccccn12. The summed E-state index contributed by atoms with van der Waals surface area (Å²) < 4.78 is 3.42. The van der Waals surface area contributed by atoms with Crippen LogP contribution in [0.1, 0.15) is 19.0 Å². The summed E-state index contributed by atoms with van der Waals surface area (Å²) in [7, 11) is 0. The standard InChI is InChI=1S/C15H17N3S2/c1-2-11(16)10-12-15(20-14-7-5-9-19-14)17-13-6-3-4-8-18(12)13/h3-9,11H,2,10,16H2,1H3. The summed E-state index contributed by atoms with van der Waals surface area (Å²) in [6.07, 6.45) is 3.90. The summed E-state index contributed by atoms with van der Waals surface area (Å²) in [5.41, 5.74) is 8.36. The van der Waals surface area contributed by atoms with Crippen molar-refractivity contribution in [1.82, 2.24) is 9.38 Å². The second-order valence-corrected chi connectivity index (χ2v) is 6.94. The van der Waals surface area contributed by atoms with Crippen molar-refractivity contribution in [3.63, 3.8) is 0 Å². The minimum Gasteiger partial charge on any atom is -0.327 e. The first-order valence-electron chi connectivity index (χ1n) is 6.71. The zero-order valence-corrected chi connectivity index (χ0v) is 13.0. The van der Waals surface area contributed by atoms with E-state index >= 15 is 0 Å². The van der Waals surface area contributed by atoms with Crippen molar-refractivity contribution in [1.29, 1.82) is 0 Å².